The molecular weight excluding hydrogens is 146 g/mol. The molecule has 1 aliphatic rings. The average Bonchev–Trinajstić information content (AvgIpc) is 2.53. The predicted octanol–water partition coefficient (Wildman–Crippen LogP) is 1.04. The summed E-state index contributed by atoms with van der Waals surface area (Å²) < 4.78 is 0. The third-order valence-corrected chi connectivity index (χ3v) is 2.86. The second-order valence-electron chi connectivity index (χ2n) is 3.70. The Morgan fingerprint density at radius 1 is 1.25 bits per heavy atom. The van der Waals surface area contributed by atoms with Crippen molar-refractivity contribution in [1.82, 2.24) is 0 Å². The van der Waals surface area contributed by atoms with E-state index < -0.39 is 0 Å². The zero-order valence-electron chi connectivity index (χ0n) is 7.59. The van der Waals surface area contributed by atoms with E-state index in [-0.39, 0.29) is 0 Å². The van der Waals surface area contributed by atoms with Crippen molar-refractivity contribution in [3.05, 3.63) is 35.9 Å². The zero-order chi connectivity index (χ0) is 8.39. The van der Waals surface area contributed by atoms with Gasteiger partial charge in [-0.15, -0.1) is 0 Å². The molecule has 2 unspecified atom stereocenters. The van der Waals surface area contributed by atoms with Crippen molar-refractivity contribution in [3.63, 3.8) is 0 Å². The van der Waals surface area contributed by atoms with Gasteiger partial charge in [-0.25, -0.2) is 0 Å². The van der Waals surface area contributed by atoms with Gasteiger partial charge in [0.25, 0.3) is 0 Å². The summed E-state index contributed by atoms with van der Waals surface area (Å²) in [7, 11) is 2.30. The lowest BCUT2D eigenvalue weighted by atomic mass is 10.1. The predicted molar refractivity (Wildman–Crippen MR) is 50.2 cm³/mol. The summed E-state index contributed by atoms with van der Waals surface area (Å²) in [4.78, 5) is 1.67. The van der Waals surface area contributed by atoms with Crippen LogP contribution in [0, 0.1) is 0 Å². The molecule has 1 aliphatic heterocycles. The molecule has 2 rings (SSSR count). The van der Waals surface area contributed by atoms with Gasteiger partial charge in [-0.2, -0.15) is 0 Å². The number of likely N-dealkylation sites (tertiary alicyclic amines) is 1. The average molecular weight is 162 g/mol. The first kappa shape index (κ1) is 7.81. The van der Waals surface area contributed by atoms with Gasteiger partial charge in [-0.05, 0) is 0 Å². The van der Waals surface area contributed by atoms with Gasteiger partial charge in [-0.1, -0.05) is 30.3 Å². The van der Waals surface area contributed by atoms with E-state index in [0.29, 0.717) is 0 Å². The standard InChI is InChI=1S/C11H15N/c1-12-9-5-8-11(12)10-6-3-2-4-7-10/h2-4,6-7,11H,5,8-9H2,1H3/p+1. The first-order chi connectivity index (χ1) is 5.88. The summed E-state index contributed by atoms with van der Waals surface area (Å²) in [5.74, 6) is 0. The summed E-state index contributed by atoms with van der Waals surface area (Å²) in [5.41, 5.74) is 1.51. The third kappa shape index (κ3) is 1.37. The quantitative estimate of drug-likeness (QED) is 0.629. The van der Waals surface area contributed by atoms with Crippen molar-refractivity contribution in [2.24, 2.45) is 0 Å². The van der Waals surface area contributed by atoms with Crippen LogP contribution < -0.4 is 4.90 Å². The minimum absolute atomic E-state index is 0.756. The molecule has 1 fully saturated rings. The first-order valence-electron chi connectivity index (χ1n) is 4.75. The molecule has 0 aromatic heterocycles. The Morgan fingerprint density at radius 2 is 2.00 bits per heavy atom. The van der Waals surface area contributed by atoms with Gasteiger partial charge in [0.2, 0.25) is 0 Å². The fourth-order valence-electron chi connectivity index (χ4n) is 2.14. The molecule has 0 spiro atoms. The molecule has 1 nitrogen and oxygen atoms in total. The highest BCUT2D eigenvalue weighted by Gasteiger charge is 2.25. The zero-order valence-corrected chi connectivity index (χ0v) is 7.59. The summed E-state index contributed by atoms with van der Waals surface area (Å²) in [6.07, 6.45) is 2.74. The van der Waals surface area contributed by atoms with Crippen molar-refractivity contribution < 1.29 is 4.90 Å². The number of hydrogen-bond donors (Lipinski definition) is 1. The monoisotopic (exact) mass is 162 g/mol. The number of hydrogen-bond acceptors (Lipinski definition) is 0. The Balaban J connectivity index is 2.19. The molecule has 0 bridgehead atoms. The molecule has 1 aromatic rings. The van der Waals surface area contributed by atoms with Crippen molar-refractivity contribution in [2.75, 3.05) is 13.6 Å². The van der Waals surface area contributed by atoms with Gasteiger partial charge >= 0.3 is 0 Å². The largest absolute Gasteiger partial charge is 0.331 e. The molecule has 1 aromatic carbocycles. The number of nitrogens with one attached hydrogen (secondary N) is 1. The van der Waals surface area contributed by atoms with Crippen LogP contribution in [0.4, 0.5) is 0 Å². The van der Waals surface area contributed by atoms with Gasteiger partial charge in [0.05, 0.1) is 13.6 Å². The summed E-state index contributed by atoms with van der Waals surface area (Å²) >= 11 is 0. The van der Waals surface area contributed by atoms with Crippen LogP contribution in [-0.4, -0.2) is 13.6 Å². The van der Waals surface area contributed by atoms with Crippen molar-refractivity contribution in [2.45, 2.75) is 18.9 Å². The Kier molecular flexibility index (Phi) is 2.13. The molecule has 1 N–H and O–H groups in total. The Morgan fingerprint density at radius 3 is 2.58 bits per heavy atom. The summed E-state index contributed by atoms with van der Waals surface area (Å²) in [6.45, 7) is 1.33. The summed E-state index contributed by atoms with van der Waals surface area (Å²) in [5, 5.41) is 0. The van der Waals surface area contributed by atoms with Crippen LogP contribution in [0.25, 0.3) is 0 Å². The van der Waals surface area contributed by atoms with E-state index in [1.807, 2.05) is 0 Å². The minimum atomic E-state index is 0.756. The van der Waals surface area contributed by atoms with E-state index in [0.717, 1.165) is 6.04 Å². The third-order valence-electron chi connectivity index (χ3n) is 2.86. The lowest BCUT2D eigenvalue weighted by Gasteiger charge is -2.16. The number of benzene rings is 1. The fraction of sp³-hybridized carbons (Fsp3) is 0.455. The minimum Gasteiger partial charge on any atom is -0.331 e. The highest BCUT2D eigenvalue weighted by atomic mass is 15.1. The Bertz CT molecular complexity index is 242. The lowest BCUT2D eigenvalue weighted by molar-refractivity contribution is -0.898. The molecule has 0 amide bonds. The molecule has 1 heterocycles. The molecule has 0 aliphatic carbocycles. The molecule has 1 saturated heterocycles. The molecule has 1 heteroatoms. The van der Waals surface area contributed by atoms with Gasteiger partial charge < -0.3 is 4.90 Å². The first-order valence-corrected chi connectivity index (χ1v) is 4.75. The van der Waals surface area contributed by atoms with Crippen LogP contribution in [0.3, 0.4) is 0 Å². The van der Waals surface area contributed by atoms with Crippen LogP contribution in [-0.2, 0) is 0 Å². The van der Waals surface area contributed by atoms with Gasteiger partial charge in [-0.3, -0.25) is 0 Å². The van der Waals surface area contributed by atoms with Crippen LogP contribution >= 0.6 is 0 Å². The SMILES string of the molecule is C[NH+]1CCCC1c1ccccc1. The van der Waals surface area contributed by atoms with Gasteiger partial charge in [0.1, 0.15) is 6.04 Å². The molecule has 2 atom stereocenters. The second kappa shape index (κ2) is 3.28. The maximum absolute atomic E-state index is 2.30. The Labute approximate surface area is 74.0 Å². The number of quaternary nitrogens is 1. The maximum Gasteiger partial charge on any atom is 0.113 e. The Hall–Kier alpha value is -0.820. The maximum atomic E-state index is 2.30. The van der Waals surface area contributed by atoms with Crippen LogP contribution in [0.5, 0.6) is 0 Å². The second-order valence-corrected chi connectivity index (χ2v) is 3.70. The van der Waals surface area contributed by atoms with E-state index in [4.69, 9.17) is 0 Å². The van der Waals surface area contributed by atoms with Crippen molar-refractivity contribution >= 4 is 0 Å². The topological polar surface area (TPSA) is 4.44 Å². The molecule has 0 radical (unpaired) electrons. The molecular formula is C11H16N+. The van der Waals surface area contributed by atoms with Gasteiger partial charge in [0.15, 0.2) is 0 Å². The highest BCUT2D eigenvalue weighted by molar-refractivity contribution is 5.17. The molecule has 0 saturated carbocycles. The van der Waals surface area contributed by atoms with Gasteiger partial charge in [0, 0.05) is 18.4 Å². The fourth-order valence-corrected chi connectivity index (χ4v) is 2.14. The van der Waals surface area contributed by atoms with E-state index in [1.54, 1.807) is 4.90 Å². The highest BCUT2D eigenvalue weighted by Crippen LogP contribution is 2.17. The van der Waals surface area contributed by atoms with E-state index >= 15 is 0 Å². The normalized spacial score (nSPS) is 29.1. The summed E-state index contributed by atoms with van der Waals surface area (Å²) in [6, 6.07) is 11.6. The van der Waals surface area contributed by atoms with Crippen LogP contribution in [0.15, 0.2) is 30.3 Å². The smallest absolute Gasteiger partial charge is 0.113 e. The van der Waals surface area contributed by atoms with E-state index in [2.05, 4.69) is 37.4 Å². The molecule has 64 valence electrons. The van der Waals surface area contributed by atoms with E-state index in [9.17, 15) is 0 Å². The van der Waals surface area contributed by atoms with E-state index in [1.165, 1.54) is 24.9 Å². The van der Waals surface area contributed by atoms with Crippen LogP contribution in [0.1, 0.15) is 24.4 Å². The van der Waals surface area contributed by atoms with Crippen LogP contribution in [0.2, 0.25) is 0 Å². The molecule has 12 heavy (non-hydrogen) atoms. The van der Waals surface area contributed by atoms with Crippen molar-refractivity contribution in [1.29, 1.82) is 0 Å². The van der Waals surface area contributed by atoms with Crippen molar-refractivity contribution in [3.8, 4) is 0 Å². The lowest BCUT2D eigenvalue weighted by Crippen LogP contribution is -3.07. The number of rotatable bonds is 1.